The summed E-state index contributed by atoms with van der Waals surface area (Å²) in [5.74, 6) is 0.655. The van der Waals surface area contributed by atoms with Crippen LogP contribution >= 0.6 is 0 Å². The van der Waals surface area contributed by atoms with Gasteiger partial charge in [-0.1, -0.05) is 23.8 Å². The zero-order valence-corrected chi connectivity index (χ0v) is 25.4. The van der Waals surface area contributed by atoms with Crippen molar-refractivity contribution in [3.8, 4) is 11.3 Å². The first-order valence-electron chi connectivity index (χ1n) is 14.5. The number of sulfonamides is 1. The Labute approximate surface area is 257 Å². The molecule has 3 heterocycles. The van der Waals surface area contributed by atoms with Crippen molar-refractivity contribution in [3.63, 3.8) is 0 Å². The van der Waals surface area contributed by atoms with Crippen molar-refractivity contribution in [1.82, 2.24) is 19.4 Å². The number of aryl methyl sites for hydroxylation is 2. The summed E-state index contributed by atoms with van der Waals surface area (Å²) in [6.07, 6.45) is 7.55. The Morgan fingerprint density at radius 2 is 1.59 bits per heavy atom. The van der Waals surface area contributed by atoms with E-state index in [1.54, 1.807) is 42.7 Å². The molecule has 10 nitrogen and oxygen atoms in total. The predicted octanol–water partition coefficient (Wildman–Crippen LogP) is 6.14. The summed E-state index contributed by atoms with van der Waals surface area (Å²) in [5, 5.41) is 11.4. The summed E-state index contributed by atoms with van der Waals surface area (Å²) in [7, 11) is -3.66. The molecule has 0 spiro atoms. The van der Waals surface area contributed by atoms with Crippen molar-refractivity contribution in [2.24, 2.45) is 0 Å². The Kier molecular flexibility index (Phi) is 9.88. The molecule has 1 aliphatic rings. The van der Waals surface area contributed by atoms with E-state index in [9.17, 15) is 8.42 Å². The SMILES string of the molecule is Cc1ccc(S(=O)(=O)Nc2ccc(Nc3cc(-c4ccc5c(ccn5CCCN5CCCC5)c4)ncn3)cc2)cc1.O=CO. The summed E-state index contributed by atoms with van der Waals surface area (Å²) >= 11 is 0. The summed E-state index contributed by atoms with van der Waals surface area (Å²) < 4.78 is 30.4. The van der Waals surface area contributed by atoms with Gasteiger partial charge in [0.05, 0.1) is 10.6 Å². The number of likely N-dealkylation sites (tertiary alicyclic amines) is 1. The van der Waals surface area contributed by atoms with Gasteiger partial charge in [0.15, 0.2) is 0 Å². The zero-order valence-electron chi connectivity index (χ0n) is 24.6. The molecule has 228 valence electrons. The van der Waals surface area contributed by atoms with Crippen LogP contribution in [0.2, 0.25) is 0 Å². The lowest BCUT2D eigenvalue weighted by molar-refractivity contribution is -0.122. The summed E-state index contributed by atoms with van der Waals surface area (Å²) in [4.78, 5) is 20.0. The first-order chi connectivity index (χ1) is 21.3. The van der Waals surface area contributed by atoms with Crippen LogP contribution in [0.15, 0.2) is 96.3 Å². The second-order valence-electron chi connectivity index (χ2n) is 10.7. The first kappa shape index (κ1) is 30.7. The van der Waals surface area contributed by atoms with E-state index < -0.39 is 10.0 Å². The number of aromatic nitrogens is 3. The smallest absolute Gasteiger partial charge is 0.290 e. The van der Waals surface area contributed by atoms with E-state index in [0.29, 0.717) is 11.5 Å². The molecule has 1 saturated heterocycles. The van der Waals surface area contributed by atoms with Crippen molar-refractivity contribution >= 4 is 44.6 Å². The third-order valence-corrected chi connectivity index (χ3v) is 8.94. The van der Waals surface area contributed by atoms with Gasteiger partial charge in [0.25, 0.3) is 16.5 Å². The van der Waals surface area contributed by atoms with Crippen LogP contribution in [-0.4, -0.2) is 59.1 Å². The molecule has 11 heteroatoms. The van der Waals surface area contributed by atoms with Gasteiger partial charge in [-0.25, -0.2) is 18.4 Å². The molecule has 1 fully saturated rings. The molecule has 0 unspecified atom stereocenters. The molecule has 44 heavy (non-hydrogen) atoms. The second kappa shape index (κ2) is 14.2. The number of hydrogen-bond acceptors (Lipinski definition) is 7. The number of anilines is 3. The van der Waals surface area contributed by atoms with Crippen molar-refractivity contribution < 1.29 is 18.3 Å². The highest BCUT2D eigenvalue weighted by molar-refractivity contribution is 7.92. The number of fused-ring (bicyclic) bond motifs is 1. The van der Waals surface area contributed by atoms with Crippen LogP contribution in [0.4, 0.5) is 17.2 Å². The minimum absolute atomic E-state index is 0.228. The van der Waals surface area contributed by atoms with Gasteiger partial charge in [0.2, 0.25) is 0 Å². The first-order valence-corrected chi connectivity index (χ1v) is 16.0. The van der Waals surface area contributed by atoms with Gasteiger partial charge in [-0.05, 0) is 100 Å². The quantitative estimate of drug-likeness (QED) is 0.161. The van der Waals surface area contributed by atoms with Crippen LogP contribution in [0.1, 0.15) is 24.8 Å². The minimum Gasteiger partial charge on any atom is -0.483 e. The average Bonchev–Trinajstić information content (AvgIpc) is 3.69. The maximum Gasteiger partial charge on any atom is 0.290 e. The molecule has 3 aromatic carbocycles. The molecular weight excluding hydrogens is 576 g/mol. The van der Waals surface area contributed by atoms with Crippen LogP contribution in [0.3, 0.4) is 0 Å². The summed E-state index contributed by atoms with van der Waals surface area (Å²) in [6, 6.07) is 24.4. The van der Waals surface area contributed by atoms with Gasteiger partial charge >= 0.3 is 0 Å². The number of rotatable bonds is 10. The van der Waals surface area contributed by atoms with Crippen molar-refractivity contribution in [2.45, 2.75) is 37.6 Å². The van der Waals surface area contributed by atoms with E-state index >= 15 is 0 Å². The third kappa shape index (κ3) is 7.80. The molecule has 3 N–H and O–H groups in total. The van der Waals surface area contributed by atoms with Crippen LogP contribution in [0.5, 0.6) is 0 Å². The number of benzene rings is 3. The average molecular weight is 613 g/mol. The molecule has 0 atom stereocenters. The summed E-state index contributed by atoms with van der Waals surface area (Å²) in [6.45, 7) is 6.34. The Balaban J connectivity index is 0.00000123. The lowest BCUT2D eigenvalue weighted by Gasteiger charge is -2.14. The molecule has 2 aromatic heterocycles. The lowest BCUT2D eigenvalue weighted by Crippen LogP contribution is -2.21. The maximum absolute atomic E-state index is 12.7. The van der Waals surface area contributed by atoms with Gasteiger partial charge in [0.1, 0.15) is 12.1 Å². The largest absolute Gasteiger partial charge is 0.483 e. The fourth-order valence-electron chi connectivity index (χ4n) is 5.31. The van der Waals surface area contributed by atoms with Crippen molar-refractivity contribution in [2.75, 3.05) is 29.7 Å². The van der Waals surface area contributed by atoms with Crippen molar-refractivity contribution in [1.29, 1.82) is 0 Å². The number of nitrogens with one attached hydrogen (secondary N) is 2. The van der Waals surface area contributed by atoms with E-state index in [1.165, 1.54) is 43.4 Å². The monoisotopic (exact) mass is 612 g/mol. The minimum atomic E-state index is -3.66. The van der Waals surface area contributed by atoms with Gasteiger partial charge in [-0.2, -0.15) is 0 Å². The van der Waals surface area contributed by atoms with Crippen molar-refractivity contribution in [3.05, 3.63) is 97.0 Å². The molecule has 1 aliphatic heterocycles. The lowest BCUT2D eigenvalue weighted by atomic mass is 10.1. The zero-order chi connectivity index (χ0) is 30.9. The normalized spacial score (nSPS) is 13.3. The Morgan fingerprint density at radius 1 is 0.886 bits per heavy atom. The predicted molar refractivity (Wildman–Crippen MR) is 174 cm³/mol. The molecule has 0 aliphatic carbocycles. The second-order valence-corrected chi connectivity index (χ2v) is 12.4. The van der Waals surface area contributed by atoms with E-state index in [4.69, 9.17) is 9.90 Å². The van der Waals surface area contributed by atoms with E-state index in [0.717, 1.165) is 35.5 Å². The summed E-state index contributed by atoms with van der Waals surface area (Å²) in [5.41, 5.74) is 5.36. The molecule has 0 radical (unpaired) electrons. The number of carbonyl (C=O) groups is 1. The highest BCUT2D eigenvalue weighted by Crippen LogP contribution is 2.27. The highest BCUT2D eigenvalue weighted by atomic mass is 32.2. The third-order valence-electron chi connectivity index (χ3n) is 7.55. The fraction of sp³-hybridized carbons (Fsp3) is 0.242. The van der Waals surface area contributed by atoms with E-state index in [2.05, 4.69) is 59.9 Å². The Bertz CT molecular complexity index is 1800. The maximum atomic E-state index is 12.7. The van der Waals surface area contributed by atoms with Crippen LogP contribution < -0.4 is 10.0 Å². The number of hydrogen-bond donors (Lipinski definition) is 3. The Morgan fingerprint density at radius 3 is 2.32 bits per heavy atom. The Hall–Kier alpha value is -4.74. The highest BCUT2D eigenvalue weighted by Gasteiger charge is 2.14. The molecular formula is C33H36N6O4S. The van der Waals surface area contributed by atoms with Gasteiger partial charge in [0, 0.05) is 46.6 Å². The van der Waals surface area contributed by atoms with E-state index in [-0.39, 0.29) is 11.4 Å². The molecule has 0 amide bonds. The van der Waals surface area contributed by atoms with Gasteiger partial charge in [-0.3, -0.25) is 9.52 Å². The molecule has 0 bridgehead atoms. The van der Waals surface area contributed by atoms with Crippen LogP contribution in [0, 0.1) is 6.92 Å². The molecule has 5 aromatic rings. The molecule has 0 saturated carbocycles. The standard InChI is InChI=1S/C32H34N6O2S.CH2O2/c1-24-5-12-29(13-6-24)41(39,40)36-28-10-8-27(9-11-28)35-32-22-30(33-23-34-32)25-7-14-31-26(21-25)15-20-38(31)19-4-18-37-16-2-3-17-37;2-1-3/h5-15,20-23,36H,2-4,16-19H2,1H3,(H,33,34,35);1H,(H,2,3). The van der Waals surface area contributed by atoms with Gasteiger partial charge in [-0.15, -0.1) is 0 Å². The number of carboxylic acid groups (broad SMARTS) is 1. The topological polar surface area (TPSA) is 129 Å². The number of nitrogens with zero attached hydrogens (tertiary/aromatic N) is 4. The van der Waals surface area contributed by atoms with Crippen LogP contribution in [0.25, 0.3) is 22.2 Å². The van der Waals surface area contributed by atoms with E-state index in [1.807, 2.05) is 25.1 Å². The molecule has 6 rings (SSSR count). The van der Waals surface area contributed by atoms with Gasteiger partial charge < -0.3 is 19.9 Å². The van der Waals surface area contributed by atoms with Crippen LogP contribution in [-0.2, 0) is 21.4 Å². The fourth-order valence-corrected chi connectivity index (χ4v) is 6.37.